The number of thiophene rings is 1. The van der Waals surface area contributed by atoms with Gasteiger partial charge in [0, 0.05) is 23.7 Å². The molecule has 0 fully saturated rings. The largest absolute Gasteiger partial charge is 0.395 e. The Bertz CT molecular complexity index is 629. The van der Waals surface area contributed by atoms with E-state index in [1.54, 1.807) is 0 Å². The maximum atomic E-state index is 11.8. The number of aliphatic hydroxyl groups is 1. The van der Waals surface area contributed by atoms with Crippen LogP contribution in [0.3, 0.4) is 0 Å². The smallest absolute Gasteiger partial charge is 0.254 e. The summed E-state index contributed by atoms with van der Waals surface area (Å²) in [6.45, 7) is 0.514. The normalized spacial score (nSPS) is 9.65. The Labute approximate surface area is 120 Å². The van der Waals surface area contributed by atoms with Gasteiger partial charge in [-0.15, -0.1) is 11.3 Å². The van der Waals surface area contributed by atoms with Crippen LogP contribution in [-0.4, -0.2) is 27.6 Å². The third-order valence-corrected chi connectivity index (χ3v) is 3.36. The average Bonchev–Trinajstić information content (AvgIpc) is 2.94. The monoisotopic (exact) mass is 287 g/mol. The highest BCUT2D eigenvalue weighted by Crippen LogP contribution is 2.15. The van der Waals surface area contributed by atoms with E-state index in [-0.39, 0.29) is 12.5 Å². The molecular weight excluding hydrogens is 274 g/mol. The van der Waals surface area contributed by atoms with E-state index in [1.165, 1.54) is 30.1 Å². The first-order chi connectivity index (χ1) is 9.79. The van der Waals surface area contributed by atoms with Crippen LogP contribution in [-0.2, 0) is 6.54 Å². The van der Waals surface area contributed by atoms with Gasteiger partial charge in [0.2, 0.25) is 0 Å². The molecule has 2 rings (SSSR count). The molecular formula is C14H13N3O2S. The highest BCUT2D eigenvalue weighted by Gasteiger charge is 2.06. The number of amides is 1. The summed E-state index contributed by atoms with van der Waals surface area (Å²) >= 11 is 1.52. The molecule has 2 N–H and O–H groups in total. The summed E-state index contributed by atoms with van der Waals surface area (Å²) in [7, 11) is 0. The summed E-state index contributed by atoms with van der Waals surface area (Å²) in [6, 6.07) is 3.83. The fraction of sp³-hybridized carbons (Fsp3) is 0.214. The van der Waals surface area contributed by atoms with E-state index in [2.05, 4.69) is 27.1 Å². The van der Waals surface area contributed by atoms with Crippen molar-refractivity contribution in [1.29, 1.82) is 0 Å². The average molecular weight is 287 g/mol. The van der Waals surface area contributed by atoms with E-state index in [4.69, 9.17) is 5.11 Å². The molecule has 0 saturated heterocycles. The lowest BCUT2D eigenvalue weighted by Crippen LogP contribution is -2.22. The predicted molar refractivity (Wildman–Crippen MR) is 76.1 cm³/mol. The van der Waals surface area contributed by atoms with Gasteiger partial charge in [-0.25, -0.2) is 9.97 Å². The summed E-state index contributed by atoms with van der Waals surface area (Å²) < 4.78 is 0. The number of rotatable bonds is 4. The van der Waals surface area contributed by atoms with Crippen LogP contribution in [0.1, 0.15) is 26.5 Å². The summed E-state index contributed by atoms with van der Waals surface area (Å²) in [5, 5.41) is 11.4. The quantitative estimate of drug-likeness (QED) is 0.829. The summed E-state index contributed by atoms with van der Waals surface area (Å²) in [5.41, 5.74) is 0.437. The Kier molecular flexibility index (Phi) is 5.24. The van der Waals surface area contributed by atoms with Crippen LogP contribution in [0.15, 0.2) is 30.9 Å². The first kappa shape index (κ1) is 14.2. The van der Waals surface area contributed by atoms with Crippen LogP contribution < -0.4 is 5.32 Å². The van der Waals surface area contributed by atoms with E-state index >= 15 is 0 Å². The van der Waals surface area contributed by atoms with Crippen LogP contribution in [0.4, 0.5) is 0 Å². The van der Waals surface area contributed by atoms with Crippen LogP contribution in [0, 0.1) is 11.8 Å². The molecule has 0 bridgehead atoms. The molecule has 0 radical (unpaired) electrons. The van der Waals surface area contributed by atoms with Crippen molar-refractivity contribution in [2.24, 2.45) is 0 Å². The van der Waals surface area contributed by atoms with Crippen LogP contribution in [0.5, 0.6) is 0 Å². The molecule has 0 saturated carbocycles. The number of hydrogen-bond donors (Lipinski definition) is 2. The fourth-order valence-corrected chi connectivity index (χ4v) is 2.25. The van der Waals surface area contributed by atoms with E-state index < -0.39 is 0 Å². The minimum Gasteiger partial charge on any atom is -0.395 e. The second-order valence-corrected chi connectivity index (χ2v) is 5.02. The fourth-order valence-electron chi connectivity index (χ4n) is 1.43. The van der Waals surface area contributed by atoms with Gasteiger partial charge in [0.1, 0.15) is 6.33 Å². The molecule has 0 aliphatic carbocycles. The van der Waals surface area contributed by atoms with Crippen LogP contribution >= 0.6 is 11.3 Å². The minimum atomic E-state index is -0.202. The Balaban J connectivity index is 1.89. The lowest BCUT2D eigenvalue weighted by Gasteiger charge is -2.02. The molecule has 0 unspecified atom stereocenters. The summed E-state index contributed by atoms with van der Waals surface area (Å²) in [4.78, 5) is 21.3. The Morgan fingerprint density at radius 1 is 1.35 bits per heavy atom. The van der Waals surface area contributed by atoms with Crippen molar-refractivity contribution >= 4 is 17.2 Å². The van der Waals surface area contributed by atoms with Crippen LogP contribution in [0.2, 0.25) is 0 Å². The molecule has 0 aliphatic rings. The van der Waals surface area contributed by atoms with Gasteiger partial charge in [0.05, 0.1) is 23.6 Å². The first-order valence-electron chi connectivity index (χ1n) is 6.01. The SMILES string of the molecule is O=C(NCc1ccc(C#CCCO)s1)c1cncnc1. The molecule has 5 nitrogen and oxygen atoms in total. The maximum Gasteiger partial charge on any atom is 0.254 e. The molecule has 20 heavy (non-hydrogen) atoms. The zero-order valence-electron chi connectivity index (χ0n) is 10.7. The van der Waals surface area contributed by atoms with Crippen LogP contribution in [0.25, 0.3) is 0 Å². The van der Waals surface area contributed by atoms with E-state index in [1.807, 2.05) is 12.1 Å². The van der Waals surface area contributed by atoms with Crippen molar-refractivity contribution in [2.75, 3.05) is 6.61 Å². The van der Waals surface area contributed by atoms with Gasteiger partial charge in [-0.05, 0) is 12.1 Å². The lowest BCUT2D eigenvalue weighted by molar-refractivity contribution is 0.0950. The van der Waals surface area contributed by atoms with Crippen molar-refractivity contribution in [3.05, 3.63) is 46.2 Å². The van der Waals surface area contributed by atoms with Crippen molar-refractivity contribution in [3.8, 4) is 11.8 Å². The highest BCUT2D eigenvalue weighted by molar-refractivity contribution is 7.12. The predicted octanol–water partition coefficient (Wildman–Crippen LogP) is 1.20. The molecule has 6 heteroatoms. The number of aromatic nitrogens is 2. The molecule has 2 aromatic rings. The Morgan fingerprint density at radius 3 is 2.90 bits per heavy atom. The number of carbonyl (C=O) groups excluding carboxylic acids is 1. The Morgan fingerprint density at radius 2 is 2.15 bits per heavy atom. The number of aliphatic hydroxyl groups excluding tert-OH is 1. The van der Waals surface area contributed by atoms with E-state index in [0.29, 0.717) is 18.5 Å². The second kappa shape index (κ2) is 7.38. The van der Waals surface area contributed by atoms with Crippen molar-refractivity contribution < 1.29 is 9.90 Å². The van der Waals surface area contributed by atoms with Gasteiger partial charge in [0.15, 0.2) is 0 Å². The van der Waals surface area contributed by atoms with Gasteiger partial charge < -0.3 is 10.4 Å². The van der Waals surface area contributed by atoms with Gasteiger partial charge in [-0.1, -0.05) is 11.8 Å². The second-order valence-electron chi connectivity index (χ2n) is 3.85. The number of hydrogen-bond acceptors (Lipinski definition) is 5. The number of nitrogens with one attached hydrogen (secondary N) is 1. The molecule has 102 valence electrons. The summed E-state index contributed by atoms with van der Waals surface area (Å²) in [5.74, 6) is 5.62. The molecule has 2 aromatic heterocycles. The lowest BCUT2D eigenvalue weighted by atomic mass is 10.3. The van der Waals surface area contributed by atoms with E-state index in [9.17, 15) is 4.79 Å². The third kappa shape index (κ3) is 4.16. The molecule has 0 aromatic carbocycles. The minimum absolute atomic E-state index is 0.0699. The molecule has 0 spiro atoms. The topological polar surface area (TPSA) is 75.1 Å². The molecule has 2 heterocycles. The van der Waals surface area contributed by atoms with Gasteiger partial charge in [0.25, 0.3) is 5.91 Å². The van der Waals surface area contributed by atoms with E-state index in [0.717, 1.165) is 9.75 Å². The molecule has 1 amide bonds. The third-order valence-electron chi connectivity index (χ3n) is 2.36. The zero-order valence-corrected chi connectivity index (χ0v) is 11.5. The number of nitrogens with zero attached hydrogens (tertiary/aromatic N) is 2. The Hall–Kier alpha value is -2.23. The van der Waals surface area contributed by atoms with Gasteiger partial charge >= 0.3 is 0 Å². The highest BCUT2D eigenvalue weighted by atomic mass is 32.1. The standard InChI is InChI=1S/C14H13N3O2S/c18-6-2-1-3-12-4-5-13(20-12)9-17-14(19)11-7-15-10-16-8-11/h4-5,7-8,10,18H,2,6,9H2,(H,17,19). The van der Waals surface area contributed by atoms with Crippen molar-refractivity contribution in [1.82, 2.24) is 15.3 Å². The summed E-state index contributed by atoms with van der Waals surface area (Å²) in [6.07, 6.45) is 4.80. The van der Waals surface area contributed by atoms with Gasteiger partial charge in [-0.3, -0.25) is 4.79 Å². The van der Waals surface area contributed by atoms with Crippen molar-refractivity contribution in [3.63, 3.8) is 0 Å². The molecule has 0 atom stereocenters. The molecule has 0 aliphatic heterocycles. The first-order valence-corrected chi connectivity index (χ1v) is 6.83. The van der Waals surface area contributed by atoms with Crippen molar-refractivity contribution in [2.45, 2.75) is 13.0 Å². The maximum absolute atomic E-state index is 11.8. The zero-order chi connectivity index (χ0) is 14.2. The number of carbonyl (C=O) groups is 1. The van der Waals surface area contributed by atoms with Gasteiger partial charge in [-0.2, -0.15) is 0 Å².